The molecule has 14 heavy (non-hydrogen) atoms. The molecule has 0 radical (unpaired) electrons. The lowest BCUT2D eigenvalue weighted by Gasteiger charge is -2.02. The summed E-state index contributed by atoms with van der Waals surface area (Å²) in [5, 5.41) is 10.4. The van der Waals surface area contributed by atoms with Crippen LogP contribution in [0.1, 0.15) is 33.1 Å². The molecule has 0 saturated carbocycles. The van der Waals surface area contributed by atoms with Gasteiger partial charge in [-0.1, -0.05) is 13.8 Å². The molecule has 0 aliphatic carbocycles. The first-order valence-electron chi connectivity index (χ1n) is 5.46. The maximum Gasteiger partial charge on any atom is 0.0667 e. The lowest BCUT2D eigenvalue weighted by atomic mass is 10.0. The minimum absolute atomic E-state index is 0.307. The van der Waals surface area contributed by atoms with Crippen molar-refractivity contribution in [1.82, 2.24) is 0 Å². The molecule has 1 saturated heterocycles. The van der Waals surface area contributed by atoms with Crippen LogP contribution in [-0.2, 0) is 0 Å². The molecule has 1 nitrogen and oxygen atoms in total. The zero-order valence-corrected chi connectivity index (χ0v) is 10.7. The SMILES string of the molecule is CCCSCCC1SC1C(C#N)CC. The van der Waals surface area contributed by atoms with E-state index in [2.05, 4.69) is 31.7 Å². The van der Waals surface area contributed by atoms with Gasteiger partial charge in [0.1, 0.15) is 0 Å². The normalized spacial score (nSPS) is 26.9. The third-order valence-electron chi connectivity index (χ3n) is 2.52. The summed E-state index contributed by atoms with van der Waals surface area (Å²) in [5.41, 5.74) is 0. The van der Waals surface area contributed by atoms with Gasteiger partial charge in [-0.3, -0.25) is 0 Å². The maximum absolute atomic E-state index is 8.90. The van der Waals surface area contributed by atoms with Crippen molar-refractivity contribution in [2.75, 3.05) is 11.5 Å². The van der Waals surface area contributed by atoms with Gasteiger partial charge in [-0.15, -0.1) is 0 Å². The van der Waals surface area contributed by atoms with Crippen LogP contribution in [0.15, 0.2) is 0 Å². The van der Waals surface area contributed by atoms with Crippen LogP contribution in [0.25, 0.3) is 0 Å². The summed E-state index contributed by atoms with van der Waals surface area (Å²) in [5.74, 6) is 2.88. The fourth-order valence-electron chi connectivity index (χ4n) is 1.59. The van der Waals surface area contributed by atoms with Crippen LogP contribution < -0.4 is 0 Å². The summed E-state index contributed by atoms with van der Waals surface area (Å²) in [4.78, 5) is 0. The number of nitriles is 1. The van der Waals surface area contributed by atoms with E-state index in [4.69, 9.17) is 5.26 Å². The molecule has 0 spiro atoms. The third-order valence-corrected chi connectivity index (χ3v) is 5.28. The molecular formula is C11H19NS2. The first-order chi connectivity index (χ1) is 6.83. The quantitative estimate of drug-likeness (QED) is 0.493. The summed E-state index contributed by atoms with van der Waals surface area (Å²) in [6, 6.07) is 2.42. The molecule has 0 N–H and O–H groups in total. The van der Waals surface area contributed by atoms with Crippen molar-refractivity contribution >= 4 is 23.5 Å². The molecule has 0 aromatic carbocycles. The minimum Gasteiger partial charge on any atom is -0.198 e. The van der Waals surface area contributed by atoms with Crippen molar-refractivity contribution in [2.24, 2.45) is 5.92 Å². The second-order valence-electron chi connectivity index (χ2n) is 3.68. The van der Waals surface area contributed by atoms with E-state index < -0.39 is 0 Å². The summed E-state index contributed by atoms with van der Waals surface area (Å²) in [6.07, 6.45) is 3.60. The van der Waals surface area contributed by atoms with E-state index in [1.807, 2.05) is 11.8 Å². The van der Waals surface area contributed by atoms with E-state index in [0.717, 1.165) is 11.7 Å². The topological polar surface area (TPSA) is 23.8 Å². The molecule has 3 heteroatoms. The smallest absolute Gasteiger partial charge is 0.0667 e. The van der Waals surface area contributed by atoms with Gasteiger partial charge in [-0.05, 0) is 30.8 Å². The Labute approximate surface area is 96.0 Å². The van der Waals surface area contributed by atoms with Gasteiger partial charge in [0.15, 0.2) is 0 Å². The Hall–Kier alpha value is 0.190. The molecule has 0 bridgehead atoms. The summed E-state index contributed by atoms with van der Waals surface area (Å²) < 4.78 is 0. The van der Waals surface area contributed by atoms with E-state index in [0.29, 0.717) is 11.2 Å². The number of hydrogen-bond donors (Lipinski definition) is 0. The standard InChI is InChI=1S/C11H19NS2/c1-3-6-13-7-5-10-11(14-10)9(4-2)8-12/h9-11H,3-7H2,1-2H3. The first-order valence-corrected chi connectivity index (χ1v) is 7.56. The van der Waals surface area contributed by atoms with E-state index in [-0.39, 0.29) is 0 Å². The Morgan fingerprint density at radius 2 is 2.21 bits per heavy atom. The average Bonchev–Trinajstić information content (AvgIpc) is 2.95. The maximum atomic E-state index is 8.90. The fraction of sp³-hybridized carbons (Fsp3) is 0.909. The van der Waals surface area contributed by atoms with Crippen LogP contribution in [0, 0.1) is 17.2 Å². The molecule has 1 aliphatic heterocycles. The van der Waals surface area contributed by atoms with E-state index >= 15 is 0 Å². The molecule has 0 aromatic rings. The van der Waals surface area contributed by atoms with Gasteiger partial charge < -0.3 is 0 Å². The van der Waals surface area contributed by atoms with Gasteiger partial charge in [0.25, 0.3) is 0 Å². The van der Waals surface area contributed by atoms with Crippen LogP contribution in [0.3, 0.4) is 0 Å². The Balaban J connectivity index is 2.05. The minimum atomic E-state index is 0.307. The zero-order valence-electron chi connectivity index (χ0n) is 9.03. The van der Waals surface area contributed by atoms with Crippen LogP contribution in [0.5, 0.6) is 0 Å². The van der Waals surface area contributed by atoms with E-state index in [9.17, 15) is 0 Å². The van der Waals surface area contributed by atoms with Gasteiger partial charge >= 0.3 is 0 Å². The highest BCUT2D eigenvalue weighted by Crippen LogP contribution is 2.49. The van der Waals surface area contributed by atoms with Crippen LogP contribution in [-0.4, -0.2) is 22.0 Å². The highest BCUT2D eigenvalue weighted by molar-refractivity contribution is 8.07. The second kappa shape index (κ2) is 6.63. The molecule has 80 valence electrons. The highest BCUT2D eigenvalue weighted by Gasteiger charge is 2.42. The molecule has 0 aromatic heterocycles. The van der Waals surface area contributed by atoms with Crippen molar-refractivity contribution < 1.29 is 0 Å². The Bertz CT molecular complexity index is 200. The lowest BCUT2D eigenvalue weighted by Crippen LogP contribution is -2.07. The molecule has 1 fully saturated rings. The summed E-state index contributed by atoms with van der Waals surface area (Å²) in [7, 11) is 0. The average molecular weight is 229 g/mol. The van der Waals surface area contributed by atoms with Gasteiger partial charge in [-0.25, -0.2) is 0 Å². The van der Waals surface area contributed by atoms with Crippen molar-refractivity contribution in [3.63, 3.8) is 0 Å². The van der Waals surface area contributed by atoms with Gasteiger partial charge in [-0.2, -0.15) is 28.8 Å². The van der Waals surface area contributed by atoms with E-state index in [1.54, 1.807) is 0 Å². The second-order valence-corrected chi connectivity index (χ2v) is 6.33. The third kappa shape index (κ3) is 3.74. The van der Waals surface area contributed by atoms with Crippen molar-refractivity contribution in [3.05, 3.63) is 0 Å². The molecule has 1 aliphatic rings. The van der Waals surface area contributed by atoms with Gasteiger partial charge in [0.2, 0.25) is 0 Å². The van der Waals surface area contributed by atoms with Crippen LogP contribution >= 0.6 is 23.5 Å². The molecule has 3 unspecified atom stereocenters. The summed E-state index contributed by atoms with van der Waals surface area (Å²) >= 11 is 4.07. The molecule has 3 atom stereocenters. The molecule has 1 rings (SSSR count). The summed E-state index contributed by atoms with van der Waals surface area (Å²) in [6.45, 7) is 4.35. The first kappa shape index (κ1) is 12.3. The van der Waals surface area contributed by atoms with Crippen LogP contribution in [0.4, 0.5) is 0 Å². The van der Waals surface area contributed by atoms with Gasteiger partial charge in [0.05, 0.1) is 12.0 Å². The molecule has 0 amide bonds. The monoisotopic (exact) mass is 229 g/mol. The Morgan fingerprint density at radius 3 is 2.79 bits per heavy atom. The Kier molecular flexibility index (Phi) is 5.81. The predicted molar refractivity (Wildman–Crippen MR) is 66.8 cm³/mol. The van der Waals surface area contributed by atoms with Crippen molar-refractivity contribution in [3.8, 4) is 6.07 Å². The lowest BCUT2D eigenvalue weighted by molar-refractivity contribution is 0.624. The largest absolute Gasteiger partial charge is 0.198 e. The predicted octanol–water partition coefficient (Wildman–Crippen LogP) is 3.55. The van der Waals surface area contributed by atoms with Gasteiger partial charge in [0, 0.05) is 10.5 Å². The zero-order chi connectivity index (χ0) is 10.4. The number of nitrogens with zero attached hydrogens (tertiary/aromatic N) is 1. The molecular weight excluding hydrogens is 210 g/mol. The number of hydrogen-bond acceptors (Lipinski definition) is 3. The van der Waals surface area contributed by atoms with Crippen LogP contribution in [0.2, 0.25) is 0 Å². The molecule has 1 heterocycles. The number of thioether (sulfide) groups is 2. The fourth-order valence-corrected chi connectivity index (χ4v) is 3.98. The number of rotatable bonds is 7. The highest BCUT2D eigenvalue weighted by atomic mass is 32.2. The van der Waals surface area contributed by atoms with Crippen molar-refractivity contribution in [2.45, 2.75) is 43.6 Å². The Morgan fingerprint density at radius 1 is 1.43 bits per heavy atom. The van der Waals surface area contributed by atoms with Crippen molar-refractivity contribution in [1.29, 1.82) is 5.26 Å². The van der Waals surface area contributed by atoms with E-state index in [1.165, 1.54) is 24.3 Å².